The predicted octanol–water partition coefficient (Wildman–Crippen LogP) is 1.40. The fraction of sp³-hybridized carbons (Fsp3) is 0.778. The van der Waals surface area contributed by atoms with Crippen molar-refractivity contribution in [3.8, 4) is 11.8 Å². The maximum absolute atomic E-state index is 3.34. The second kappa shape index (κ2) is 4.35. The van der Waals surface area contributed by atoms with Gasteiger partial charge in [0.05, 0.1) is 0 Å². The van der Waals surface area contributed by atoms with E-state index in [9.17, 15) is 0 Å². The zero-order chi connectivity index (χ0) is 7.23. The minimum Gasteiger partial charge on any atom is -0.317 e. The number of hydrogen-bond donors (Lipinski definition) is 1. The molecule has 0 aromatic rings. The average Bonchev–Trinajstić information content (AvgIpc) is 2.03. The van der Waals surface area contributed by atoms with Gasteiger partial charge in [0.15, 0.2) is 0 Å². The molecule has 1 N–H and O–H groups in total. The van der Waals surface area contributed by atoms with E-state index >= 15 is 0 Å². The van der Waals surface area contributed by atoms with Crippen LogP contribution >= 0.6 is 0 Å². The summed E-state index contributed by atoms with van der Waals surface area (Å²) in [5.41, 5.74) is 0. The van der Waals surface area contributed by atoms with E-state index in [0.717, 1.165) is 12.3 Å². The minimum atomic E-state index is 0.869. The molecule has 10 heavy (non-hydrogen) atoms. The molecule has 0 bridgehead atoms. The fourth-order valence-corrected chi connectivity index (χ4v) is 1.33. The predicted molar refractivity (Wildman–Crippen MR) is 43.7 cm³/mol. The van der Waals surface area contributed by atoms with Gasteiger partial charge in [0.1, 0.15) is 0 Å². The van der Waals surface area contributed by atoms with Gasteiger partial charge in [-0.15, -0.1) is 11.8 Å². The molecule has 1 fully saturated rings. The number of hydrogen-bond acceptors (Lipinski definition) is 1. The van der Waals surface area contributed by atoms with E-state index in [0.29, 0.717) is 0 Å². The Bertz CT molecular complexity index is 135. The average molecular weight is 137 g/mol. The highest BCUT2D eigenvalue weighted by molar-refractivity contribution is 4.96. The summed E-state index contributed by atoms with van der Waals surface area (Å²) in [6.45, 7) is 4.30. The number of rotatable bonds is 1. The molecular weight excluding hydrogens is 122 g/mol. The van der Waals surface area contributed by atoms with Crippen molar-refractivity contribution in [2.45, 2.75) is 26.2 Å². The van der Waals surface area contributed by atoms with Crippen LogP contribution in [0.25, 0.3) is 0 Å². The van der Waals surface area contributed by atoms with Crippen LogP contribution in [0.15, 0.2) is 0 Å². The standard InChI is InChI=1S/C9H15N/c1-2-3-4-9-5-7-10-8-6-9/h9-10H,4-8H2,1H3. The highest BCUT2D eigenvalue weighted by atomic mass is 14.9. The molecule has 1 heterocycles. The van der Waals surface area contributed by atoms with Crippen LogP contribution in [-0.2, 0) is 0 Å². The summed E-state index contributed by atoms with van der Waals surface area (Å²) < 4.78 is 0. The van der Waals surface area contributed by atoms with Crippen molar-refractivity contribution in [2.75, 3.05) is 13.1 Å². The van der Waals surface area contributed by atoms with Gasteiger partial charge in [-0.25, -0.2) is 0 Å². The molecule has 1 aliphatic rings. The molecule has 0 aromatic carbocycles. The smallest absolute Gasteiger partial charge is 0.0118 e. The first kappa shape index (κ1) is 7.63. The summed E-state index contributed by atoms with van der Waals surface area (Å²) in [5, 5.41) is 3.34. The zero-order valence-electron chi connectivity index (χ0n) is 6.61. The van der Waals surface area contributed by atoms with E-state index in [-0.39, 0.29) is 0 Å². The van der Waals surface area contributed by atoms with Gasteiger partial charge in [0.2, 0.25) is 0 Å². The van der Waals surface area contributed by atoms with E-state index in [4.69, 9.17) is 0 Å². The molecule has 0 amide bonds. The normalized spacial score (nSPS) is 19.7. The van der Waals surface area contributed by atoms with Crippen LogP contribution in [0.2, 0.25) is 0 Å². The van der Waals surface area contributed by atoms with E-state index in [1.54, 1.807) is 0 Å². The lowest BCUT2D eigenvalue weighted by molar-refractivity contribution is 0.381. The monoisotopic (exact) mass is 137 g/mol. The Morgan fingerprint density at radius 2 is 2.10 bits per heavy atom. The fourth-order valence-electron chi connectivity index (χ4n) is 1.33. The quantitative estimate of drug-likeness (QED) is 0.539. The number of piperidine rings is 1. The Hall–Kier alpha value is -0.480. The van der Waals surface area contributed by atoms with Crippen molar-refractivity contribution in [3.05, 3.63) is 0 Å². The molecule has 56 valence electrons. The lowest BCUT2D eigenvalue weighted by Crippen LogP contribution is -2.27. The van der Waals surface area contributed by atoms with Gasteiger partial charge in [-0.3, -0.25) is 0 Å². The minimum absolute atomic E-state index is 0.869. The molecule has 1 saturated heterocycles. The van der Waals surface area contributed by atoms with Crippen LogP contribution in [0.4, 0.5) is 0 Å². The van der Waals surface area contributed by atoms with Gasteiger partial charge in [0.25, 0.3) is 0 Å². The Morgan fingerprint density at radius 3 is 2.70 bits per heavy atom. The molecule has 1 nitrogen and oxygen atoms in total. The Labute approximate surface area is 63.2 Å². The van der Waals surface area contributed by atoms with Gasteiger partial charge < -0.3 is 5.32 Å². The third-order valence-corrected chi connectivity index (χ3v) is 2.03. The molecule has 1 aliphatic heterocycles. The SMILES string of the molecule is CC#CCC1CCNCC1. The summed E-state index contributed by atoms with van der Waals surface area (Å²) in [4.78, 5) is 0. The largest absolute Gasteiger partial charge is 0.317 e. The van der Waals surface area contributed by atoms with Crippen molar-refractivity contribution < 1.29 is 0 Å². The van der Waals surface area contributed by atoms with Gasteiger partial charge >= 0.3 is 0 Å². The van der Waals surface area contributed by atoms with Crippen molar-refractivity contribution in [2.24, 2.45) is 5.92 Å². The molecule has 0 atom stereocenters. The summed E-state index contributed by atoms with van der Waals surface area (Å²) in [7, 11) is 0. The molecular formula is C9H15N. The topological polar surface area (TPSA) is 12.0 Å². The van der Waals surface area contributed by atoms with Crippen LogP contribution in [-0.4, -0.2) is 13.1 Å². The third kappa shape index (κ3) is 2.41. The highest BCUT2D eigenvalue weighted by Crippen LogP contribution is 2.14. The molecule has 0 saturated carbocycles. The Kier molecular flexibility index (Phi) is 3.32. The summed E-state index contributed by atoms with van der Waals surface area (Å²) in [5.74, 6) is 6.95. The molecule has 0 aromatic heterocycles. The van der Waals surface area contributed by atoms with Crippen molar-refractivity contribution >= 4 is 0 Å². The molecule has 0 aliphatic carbocycles. The summed E-state index contributed by atoms with van der Waals surface area (Å²) in [6, 6.07) is 0. The Balaban J connectivity index is 2.17. The highest BCUT2D eigenvalue weighted by Gasteiger charge is 2.10. The first-order valence-electron chi connectivity index (χ1n) is 4.04. The Morgan fingerprint density at radius 1 is 1.40 bits per heavy atom. The lowest BCUT2D eigenvalue weighted by atomic mass is 9.95. The van der Waals surface area contributed by atoms with Crippen molar-refractivity contribution in [1.82, 2.24) is 5.32 Å². The zero-order valence-corrected chi connectivity index (χ0v) is 6.61. The van der Waals surface area contributed by atoms with Crippen molar-refractivity contribution in [1.29, 1.82) is 0 Å². The maximum Gasteiger partial charge on any atom is 0.0118 e. The molecule has 1 rings (SSSR count). The lowest BCUT2D eigenvalue weighted by Gasteiger charge is -2.19. The molecule has 0 spiro atoms. The summed E-state index contributed by atoms with van der Waals surface area (Å²) in [6.07, 6.45) is 3.74. The van der Waals surface area contributed by atoms with E-state index < -0.39 is 0 Å². The first-order chi connectivity index (χ1) is 4.93. The van der Waals surface area contributed by atoms with E-state index in [1.165, 1.54) is 25.9 Å². The molecule has 1 heteroatoms. The molecule has 0 radical (unpaired) electrons. The second-order valence-corrected chi connectivity index (χ2v) is 2.82. The summed E-state index contributed by atoms with van der Waals surface area (Å²) >= 11 is 0. The van der Waals surface area contributed by atoms with Crippen LogP contribution in [0.5, 0.6) is 0 Å². The van der Waals surface area contributed by atoms with Crippen molar-refractivity contribution in [3.63, 3.8) is 0 Å². The third-order valence-electron chi connectivity index (χ3n) is 2.03. The van der Waals surface area contributed by atoms with Gasteiger partial charge in [-0.05, 0) is 38.8 Å². The van der Waals surface area contributed by atoms with E-state index in [2.05, 4.69) is 17.2 Å². The maximum atomic E-state index is 3.34. The van der Waals surface area contributed by atoms with Gasteiger partial charge in [-0.1, -0.05) is 0 Å². The van der Waals surface area contributed by atoms with Gasteiger partial charge in [0, 0.05) is 6.42 Å². The second-order valence-electron chi connectivity index (χ2n) is 2.82. The first-order valence-corrected chi connectivity index (χ1v) is 4.04. The van der Waals surface area contributed by atoms with E-state index in [1.807, 2.05) is 6.92 Å². The van der Waals surface area contributed by atoms with Crippen LogP contribution in [0.1, 0.15) is 26.2 Å². The number of nitrogens with one attached hydrogen (secondary N) is 1. The van der Waals surface area contributed by atoms with Crippen LogP contribution in [0.3, 0.4) is 0 Å². The van der Waals surface area contributed by atoms with Crippen LogP contribution in [0, 0.1) is 17.8 Å². The molecule has 0 unspecified atom stereocenters. The van der Waals surface area contributed by atoms with Crippen LogP contribution < -0.4 is 5.32 Å². The van der Waals surface area contributed by atoms with Gasteiger partial charge in [-0.2, -0.15) is 0 Å².